The number of halogens is 2. The second-order valence-corrected chi connectivity index (χ2v) is 7.12. The summed E-state index contributed by atoms with van der Waals surface area (Å²) in [6.45, 7) is 5.00. The largest absolute Gasteiger partial charge is 0.379 e. The molecule has 1 aliphatic rings. The maximum absolute atomic E-state index is 12.4. The Bertz CT molecular complexity index is 883. The fourth-order valence-corrected chi connectivity index (χ4v) is 3.17. The smallest absolute Gasteiger partial charge is 0.276 e. The van der Waals surface area contributed by atoms with Crippen molar-refractivity contribution in [3.8, 4) is 0 Å². The van der Waals surface area contributed by atoms with Crippen LogP contribution in [0, 0.1) is 5.41 Å². The predicted molar refractivity (Wildman–Crippen MR) is 112 cm³/mol. The molecule has 0 atom stereocenters. The number of nitrogens with one attached hydrogen (secondary N) is 4. The van der Waals surface area contributed by atoms with Crippen LogP contribution in [0.1, 0.15) is 11.3 Å². The van der Waals surface area contributed by atoms with Crippen LogP contribution in [-0.2, 0) is 11.3 Å². The minimum absolute atomic E-state index is 0.280. The van der Waals surface area contributed by atoms with Crippen LogP contribution in [0.3, 0.4) is 0 Å². The Morgan fingerprint density at radius 3 is 2.75 bits per heavy atom. The Hall–Kier alpha value is -2.13. The Morgan fingerprint density at radius 1 is 1.25 bits per heavy atom. The van der Waals surface area contributed by atoms with Crippen molar-refractivity contribution in [2.75, 3.05) is 50.0 Å². The summed E-state index contributed by atoms with van der Waals surface area (Å²) in [7, 11) is 0. The molecule has 150 valence electrons. The summed E-state index contributed by atoms with van der Waals surface area (Å²) in [5.41, 5.74) is 1.14. The monoisotopic (exact) mass is 424 g/mol. The number of anilines is 2. The summed E-state index contributed by atoms with van der Waals surface area (Å²) in [4.78, 5) is 21.7. The molecule has 0 radical (unpaired) electrons. The van der Waals surface area contributed by atoms with E-state index in [2.05, 4.69) is 25.5 Å². The topological polar surface area (TPSA) is 106 Å². The zero-order valence-corrected chi connectivity index (χ0v) is 16.7. The molecule has 28 heavy (non-hydrogen) atoms. The molecule has 1 aromatic carbocycles. The van der Waals surface area contributed by atoms with E-state index >= 15 is 0 Å². The standard InChI is InChI=1S/C18H22Cl2N6O2/c19-13-2-1-12(9-14(13)20)11-23-18-24-15(10-21)16(17(27)25-18)22-3-4-26-5-7-28-8-6-26/h1-2,9-10,21-22H,3-8,11H2,(H2,23,24,25,27). The van der Waals surface area contributed by atoms with Gasteiger partial charge in [0.05, 0.1) is 23.3 Å². The van der Waals surface area contributed by atoms with Crippen molar-refractivity contribution < 1.29 is 4.74 Å². The number of hydrogen-bond donors (Lipinski definition) is 4. The van der Waals surface area contributed by atoms with Gasteiger partial charge in [-0.3, -0.25) is 14.7 Å². The lowest BCUT2D eigenvalue weighted by molar-refractivity contribution is 0.0398. The maximum Gasteiger partial charge on any atom is 0.276 e. The number of morpholine rings is 1. The molecule has 2 heterocycles. The average molecular weight is 425 g/mol. The fraction of sp³-hybridized carbons (Fsp3) is 0.389. The molecule has 1 aromatic heterocycles. The van der Waals surface area contributed by atoms with Crippen molar-refractivity contribution in [2.24, 2.45) is 0 Å². The summed E-state index contributed by atoms with van der Waals surface area (Å²) >= 11 is 11.9. The molecule has 1 fully saturated rings. The van der Waals surface area contributed by atoms with E-state index in [1.165, 1.54) is 0 Å². The van der Waals surface area contributed by atoms with E-state index in [0.29, 0.717) is 28.8 Å². The second-order valence-electron chi connectivity index (χ2n) is 6.30. The molecule has 1 aliphatic heterocycles. The van der Waals surface area contributed by atoms with Gasteiger partial charge in [-0.15, -0.1) is 0 Å². The van der Waals surface area contributed by atoms with Gasteiger partial charge in [-0.2, -0.15) is 0 Å². The normalized spacial score (nSPS) is 14.6. The molecule has 8 nitrogen and oxygen atoms in total. The van der Waals surface area contributed by atoms with E-state index in [1.54, 1.807) is 12.1 Å². The quantitative estimate of drug-likeness (QED) is 0.484. The lowest BCUT2D eigenvalue weighted by Crippen LogP contribution is -2.39. The third-order valence-corrected chi connectivity index (χ3v) is 5.10. The van der Waals surface area contributed by atoms with Gasteiger partial charge in [0.1, 0.15) is 11.4 Å². The highest BCUT2D eigenvalue weighted by Crippen LogP contribution is 2.22. The van der Waals surface area contributed by atoms with E-state index < -0.39 is 0 Å². The minimum Gasteiger partial charge on any atom is -0.379 e. The number of H-pyrrole nitrogens is 1. The van der Waals surface area contributed by atoms with Gasteiger partial charge >= 0.3 is 0 Å². The van der Waals surface area contributed by atoms with Gasteiger partial charge in [0, 0.05) is 38.9 Å². The van der Waals surface area contributed by atoms with E-state index in [9.17, 15) is 4.79 Å². The van der Waals surface area contributed by atoms with Gasteiger partial charge < -0.3 is 20.8 Å². The van der Waals surface area contributed by atoms with Crippen molar-refractivity contribution in [2.45, 2.75) is 6.54 Å². The first-order chi connectivity index (χ1) is 13.6. The zero-order valence-electron chi connectivity index (χ0n) is 15.2. The summed E-state index contributed by atoms with van der Waals surface area (Å²) in [5.74, 6) is 0.285. The van der Waals surface area contributed by atoms with Crippen molar-refractivity contribution in [1.29, 1.82) is 5.41 Å². The van der Waals surface area contributed by atoms with Gasteiger partial charge in [-0.25, -0.2) is 4.98 Å². The molecule has 1 saturated heterocycles. The SMILES string of the molecule is N=Cc1nc(NCc2ccc(Cl)c(Cl)c2)[nH]c(=O)c1NCCN1CCOCC1. The summed E-state index contributed by atoms with van der Waals surface area (Å²) in [6.07, 6.45) is 1.07. The number of nitrogens with zero attached hydrogens (tertiary/aromatic N) is 2. The number of hydrogen-bond acceptors (Lipinski definition) is 7. The number of ether oxygens (including phenoxy) is 1. The number of benzene rings is 1. The molecular weight excluding hydrogens is 403 g/mol. The van der Waals surface area contributed by atoms with Crippen LogP contribution in [-0.4, -0.2) is 60.5 Å². The molecule has 0 bridgehead atoms. The first-order valence-corrected chi connectivity index (χ1v) is 9.69. The summed E-state index contributed by atoms with van der Waals surface area (Å²) in [6, 6.07) is 5.29. The molecule has 0 aliphatic carbocycles. The van der Waals surface area contributed by atoms with Gasteiger partial charge in [-0.05, 0) is 17.7 Å². The van der Waals surface area contributed by atoms with Gasteiger partial charge in [-0.1, -0.05) is 29.3 Å². The molecule has 4 N–H and O–H groups in total. The predicted octanol–water partition coefficient (Wildman–Crippen LogP) is 2.43. The lowest BCUT2D eigenvalue weighted by Gasteiger charge is -2.26. The Kier molecular flexibility index (Phi) is 7.27. The molecular formula is C18H22Cl2N6O2. The molecule has 0 saturated carbocycles. The average Bonchev–Trinajstić information content (AvgIpc) is 2.70. The van der Waals surface area contributed by atoms with E-state index in [0.717, 1.165) is 44.6 Å². The third-order valence-electron chi connectivity index (χ3n) is 4.36. The highest BCUT2D eigenvalue weighted by atomic mass is 35.5. The van der Waals surface area contributed by atoms with Crippen LogP contribution in [0.4, 0.5) is 11.6 Å². The highest BCUT2D eigenvalue weighted by Gasteiger charge is 2.12. The lowest BCUT2D eigenvalue weighted by atomic mass is 10.2. The second kappa shape index (κ2) is 9.88. The molecule has 3 rings (SSSR count). The number of rotatable bonds is 8. The fourth-order valence-electron chi connectivity index (χ4n) is 2.85. The van der Waals surface area contributed by atoms with Crippen LogP contribution >= 0.6 is 23.2 Å². The summed E-state index contributed by atoms with van der Waals surface area (Å²) in [5, 5.41) is 14.7. The number of aromatic nitrogens is 2. The number of aromatic amines is 1. The van der Waals surface area contributed by atoms with E-state index in [4.69, 9.17) is 33.3 Å². The first-order valence-electron chi connectivity index (χ1n) is 8.93. The first kappa shape index (κ1) is 20.6. The molecule has 0 spiro atoms. The van der Waals surface area contributed by atoms with Gasteiger partial charge in [0.15, 0.2) is 0 Å². The van der Waals surface area contributed by atoms with Crippen molar-refractivity contribution in [3.63, 3.8) is 0 Å². The Morgan fingerprint density at radius 2 is 2.04 bits per heavy atom. The van der Waals surface area contributed by atoms with E-state index in [1.807, 2.05) is 6.07 Å². The summed E-state index contributed by atoms with van der Waals surface area (Å²) < 4.78 is 5.32. The van der Waals surface area contributed by atoms with Crippen molar-refractivity contribution in [1.82, 2.24) is 14.9 Å². The maximum atomic E-state index is 12.4. The molecule has 0 amide bonds. The molecule has 10 heteroatoms. The molecule has 0 unspecified atom stereocenters. The van der Waals surface area contributed by atoms with Crippen LogP contribution in [0.25, 0.3) is 0 Å². The van der Waals surface area contributed by atoms with Crippen LogP contribution in [0.5, 0.6) is 0 Å². The Balaban J connectivity index is 1.62. The zero-order chi connectivity index (χ0) is 19.9. The van der Waals surface area contributed by atoms with Crippen LogP contribution in [0.15, 0.2) is 23.0 Å². The molecule has 2 aromatic rings. The minimum atomic E-state index is -0.327. The van der Waals surface area contributed by atoms with Gasteiger partial charge in [0.25, 0.3) is 5.56 Å². The van der Waals surface area contributed by atoms with E-state index in [-0.39, 0.29) is 17.2 Å². The Labute approximate surface area is 172 Å². The van der Waals surface area contributed by atoms with Crippen LogP contribution in [0.2, 0.25) is 10.0 Å². The van der Waals surface area contributed by atoms with Crippen molar-refractivity contribution >= 4 is 41.1 Å². The third kappa shape index (κ3) is 5.45. The van der Waals surface area contributed by atoms with Crippen LogP contribution < -0.4 is 16.2 Å². The highest BCUT2D eigenvalue weighted by molar-refractivity contribution is 6.42. The van der Waals surface area contributed by atoms with Crippen molar-refractivity contribution in [3.05, 3.63) is 49.9 Å². The van der Waals surface area contributed by atoms with Gasteiger partial charge in [0.2, 0.25) is 5.95 Å².